The van der Waals surface area contributed by atoms with Crippen LogP contribution in [0.4, 0.5) is 5.82 Å². The van der Waals surface area contributed by atoms with E-state index in [-0.39, 0.29) is 0 Å². The summed E-state index contributed by atoms with van der Waals surface area (Å²) in [5.74, 6) is 0.929. The molecule has 1 saturated heterocycles. The number of rotatable bonds is 4. The van der Waals surface area contributed by atoms with Crippen molar-refractivity contribution >= 4 is 23.0 Å². The Kier molecular flexibility index (Phi) is 6.00. The molecule has 128 valence electrons. The second-order valence-corrected chi connectivity index (χ2v) is 6.93. The lowest BCUT2D eigenvalue weighted by Gasteiger charge is -2.37. The number of nitriles is 1. The maximum absolute atomic E-state index is 8.84. The lowest BCUT2D eigenvalue weighted by atomic mass is 9.98. The van der Waals surface area contributed by atoms with Gasteiger partial charge in [0, 0.05) is 32.4 Å². The third-order valence-electron chi connectivity index (χ3n) is 4.83. The maximum Gasteiger partial charge on any atom is 0.128 e. The first kappa shape index (κ1) is 17.1. The summed E-state index contributed by atoms with van der Waals surface area (Å²) in [6, 6.07) is 5.83. The van der Waals surface area contributed by atoms with E-state index in [0.717, 1.165) is 37.0 Å². The normalized spacial score (nSPS) is 19.1. The molecule has 0 N–H and O–H groups in total. The van der Waals surface area contributed by atoms with Crippen LogP contribution in [0.25, 0.3) is 0 Å². The Balaban J connectivity index is 1.43. The molecular weight excluding hydrogens is 320 g/mol. The Morgan fingerprint density at radius 2 is 1.96 bits per heavy atom. The quantitative estimate of drug-likeness (QED) is 0.783. The van der Waals surface area contributed by atoms with Crippen LogP contribution in [0.3, 0.4) is 0 Å². The number of hydrogen-bond donors (Lipinski definition) is 0. The van der Waals surface area contributed by atoms with Gasteiger partial charge in [-0.15, -0.1) is 0 Å². The highest BCUT2D eigenvalue weighted by Crippen LogP contribution is 2.20. The Bertz CT molecular complexity index is 584. The molecule has 0 bridgehead atoms. The summed E-state index contributed by atoms with van der Waals surface area (Å²) in [6.45, 7) is 4.16. The van der Waals surface area contributed by atoms with Crippen LogP contribution in [0.15, 0.2) is 18.3 Å². The molecular formula is C18H24N4OS. The van der Waals surface area contributed by atoms with E-state index in [1.165, 1.54) is 32.1 Å². The van der Waals surface area contributed by atoms with Gasteiger partial charge in [0.2, 0.25) is 0 Å². The van der Waals surface area contributed by atoms with Gasteiger partial charge in [0.25, 0.3) is 0 Å². The number of nitrogens with zero attached hydrogens (tertiary/aromatic N) is 4. The largest absolute Gasteiger partial charge is 0.371 e. The Labute approximate surface area is 149 Å². The van der Waals surface area contributed by atoms with Crippen molar-refractivity contribution in [2.75, 3.05) is 37.7 Å². The summed E-state index contributed by atoms with van der Waals surface area (Å²) >= 11 is 5.56. The second-order valence-electron chi connectivity index (χ2n) is 6.46. The average molecular weight is 344 g/mol. The predicted molar refractivity (Wildman–Crippen MR) is 98.2 cm³/mol. The van der Waals surface area contributed by atoms with Crippen LogP contribution in [-0.4, -0.2) is 53.8 Å². The van der Waals surface area contributed by atoms with Crippen molar-refractivity contribution < 1.29 is 4.74 Å². The molecule has 1 saturated carbocycles. The lowest BCUT2D eigenvalue weighted by molar-refractivity contribution is 0.0497. The van der Waals surface area contributed by atoms with Gasteiger partial charge >= 0.3 is 0 Å². The summed E-state index contributed by atoms with van der Waals surface area (Å²) in [5.41, 5.74) is 0.596. The zero-order chi connectivity index (χ0) is 16.8. The van der Waals surface area contributed by atoms with E-state index in [1.807, 2.05) is 12.1 Å². The number of aromatic nitrogens is 1. The number of pyridine rings is 1. The van der Waals surface area contributed by atoms with Crippen molar-refractivity contribution in [3.05, 3.63) is 23.9 Å². The highest BCUT2D eigenvalue weighted by Gasteiger charge is 2.21. The van der Waals surface area contributed by atoms with E-state index in [0.29, 0.717) is 18.3 Å². The van der Waals surface area contributed by atoms with Crippen LogP contribution in [0, 0.1) is 11.3 Å². The molecule has 0 atom stereocenters. The highest BCUT2D eigenvalue weighted by molar-refractivity contribution is 7.80. The number of piperazine rings is 1. The van der Waals surface area contributed by atoms with Crippen molar-refractivity contribution in [2.24, 2.45) is 0 Å². The molecule has 3 rings (SSSR count). The molecule has 2 fully saturated rings. The number of hydrogen-bond acceptors (Lipinski definition) is 5. The van der Waals surface area contributed by atoms with Crippen LogP contribution >= 0.6 is 12.2 Å². The first-order chi connectivity index (χ1) is 11.8. The van der Waals surface area contributed by atoms with Crippen molar-refractivity contribution in [2.45, 2.75) is 38.2 Å². The summed E-state index contributed by atoms with van der Waals surface area (Å²) in [4.78, 5) is 9.78. The number of anilines is 1. The number of thiocarbonyl (C=S) groups is 1. The molecule has 0 amide bonds. The molecule has 0 unspecified atom stereocenters. The van der Waals surface area contributed by atoms with Gasteiger partial charge in [-0.2, -0.15) is 5.26 Å². The van der Waals surface area contributed by atoms with E-state index in [4.69, 9.17) is 22.2 Å². The number of ether oxygens (including phenoxy) is 1. The first-order valence-corrected chi connectivity index (χ1v) is 9.17. The lowest BCUT2D eigenvalue weighted by Crippen LogP contribution is -2.49. The molecule has 1 aromatic heterocycles. The fraction of sp³-hybridized carbons (Fsp3) is 0.611. The van der Waals surface area contributed by atoms with Crippen molar-refractivity contribution in [3.63, 3.8) is 0 Å². The fourth-order valence-corrected chi connectivity index (χ4v) is 3.59. The minimum atomic E-state index is 0.404. The first-order valence-electron chi connectivity index (χ1n) is 8.77. The summed E-state index contributed by atoms with van der Waals surface area (Å²) in [5, 5.41) is 8.84. The van der Waals surface area contributed by atoms with Crippen molar-refractivity contribution in [1.29, 1.82) is 5.26 Å². The highest BCUT2D eigenvalue weighted by atomic mass is 32.1. The molecule has 6 heteroatoms. The molecule has 1 aromatic rings. The Morgan fingerprint density at radius 1 is 1.21 bits per heavy atom. The van der Waals surface area contributed by atoms with E-state index < -0.39 is 0 Å². The van der Waals surface area contributed by atoms with Gasteiger partial charge in [-0.1, -0.05) is 31.5 Å². The van der Waals surface area contributed by atoms with E-state index in [9.17, 15) is 0 Å². The molecule has 0 spiro atoms. The standard InChI is InChI=1S/C18H24N4OS/c19-12-15-6-7-17(20-13-15)21-8-10-22(11-9-21)18(24)14-23-16-4-2-1-3-5-16/h6-7,13,16H,1-5,8-11,14H2. The molecule has 0 aromatic carbocycles. The van der Waals surface area contributed by atoms with Crippen molar-refractivity contribution in [3.8, 4) is 6.07 Å². The third kappa shape index (κ3) is 4.43. The van der Waals surface area contributed by atoms with Gasteiger partial charge in [-0.25, -0.2) is 4.98 Å². The zero-order valence-electron chi connectivity index (χ0n) is 14.0. The zero-order valence-corrected chi connectivity index (χ0v) is 14.8. The minimum absolute atomic E-state index is 0.404. The molecule has 1 aliphatic heterocycles. The van der Waals surface area contributed by atoms with Crippen LogP contribution in [-0.2, 0) is 4.74 Å². The van der Waals surface area contributed by atoms with Crippen LogP contribution in [0.1, 0.15) is 37.7 Å². The summed E-state index contributed by atoms with van der Waals surface area (Å²) in [6.07, 6.45) is 8.31. The second kappa shape index (κ2) is 8.41. The van der Waals surface area contributed by atoms with Gasteiger partial charge in [0.1, 0.15) is 16.9 Å². The Morgan fingerprint density at radius 3 is 2.58 bits per heavy atom. The van der Waals surface area contributed by atoms with Gasteiger partial charge < -0.3 is 14.5 Å². The van der Waals surface area contributed by atoms with E-state index in [1.54, 1.807) is 6.20 Å². The molecule has 5 nitrogen and oxygen atoms in total. The molecule has 2 heterocycles. The van der Waals surface area contributed by atoms with Crippen molar-refractivity contribution in [1.82, 2.24) is 9.88 Å². The molecule has 1 aliphatic carbocycles. The van der Waals surface area contributed by atoms with Gasteiger partial charge in [-0.05, 0) is 25.0 Å². The van der Waals surface area contributed by atoms with Gasteiger partial charge in [0.05, 0.1) is 18.3 Å². The minimum Gasteiger partial charge on any atom is -0.371 e. The van der Waals surface area contributed by atoms with Gasteiger partial charge in [-0.3, -0.25) is 0 Å². The maximum atomic E-state index is 8.84. The van der Waals surface area contributed by atoms with E-state index >= 15 is 0 Å². The smallest absolute Gasteiger partial charge is 0.128 e. The fourth-order valence-electron chi connectivity index (χ4n) is 3.34. The third-order valence-corrected chi connectivity index (χ3v) is 5.20. The predicted octanol–water partition coefficient (Wildman–Crippen LogP) is 2.75. The average Bonchev–Trinajstić information content (AvgIpc) is 2.67. The molecule has 24 heavy (non-hydrogen) atoms. The van der Waals surface area contributed by atoms with Crippen LogP contribution in [0.5, 0.6) is 0 Å². The SMILES string of the molecule is N#Cc1ccc(N2CCN(C(=S)COC3CCCCC3)CC2)nc1. The monoisotopic (exact) mass is 344 g/mol. The van der Waals surface area contributed by atoms with E-state index in [2.05, 4.69) is 20.9 Å². The summed E-state index contributed by atoms with van der Waals surface area (Å²) in [7, 11) is 0. The van der Waals surface area contributed by atoms with Crippen LogP contribution < -0.4 is 4.90 Å². The molecule has 0 radical (unpaired) electrons. The van der Waals surface area contributed by atoms with Gasteiger partial charge in [0.15, 0.2) is 0 Å². The Hall–Kier alpha value is -1.71. The molecule has 2 aliphatic rings. The topological polar surface area (TPSA) is 52.4 Å². The summed E-state index contributed by atoms with van der Waals surface area (Å²) < 4.78 is 6.00. The van der Waals surface area contributed by atoms with Crippen LogP contribution in [0.2, 0.25) is 0 Å².